The van der Waals surface area contributed by atoms with Crippen molar-refractivity contribution < 1.29 is 9.59 Å². The van der Waals surface area contributed by atoms with E-state index in [1.165, 1.54) is 4.90 Å². The summed E-state index contributed by atoms with van der Waals surface area (Å²) in [6.07, 6.45) is 0.978. The number of hydrogen-bond acceptors (Lipinski definition) is 3. The molecule has 2 amide bonds. The van der Waals surface area contributed by atoms with Crippen LogP contribution in [0.3, 0.4) is 0 Å². The van der Waals surface area contributed by atoms with Gasteiger partial charge in [0.25, 0.3) is 0 Å². The predicted octanol–water partition coefficient (Wildman–Crippen LogP) is 1.08. The molecule has 104 valence electrons. The van der Waals surface area contributed by atoms with Crippen LogP contribution in [0.4, 0.5) is 5.69 Å². The average Bonchev–Trinajstić information content (AvgIpc) is 2.39. The van der Waals surface area contributed by atoms with E-state index in [2.05, 4.69) is 10.6 Å². The van der Waals surface area contributed by atoms with Gasteiger partial charge in [-0.3, -0.25) is 9.59 Å². The summed E-state index contributed by atoms with van der Waals surface area (Å²) in [7, 11) is 1.63. The molecule has 0 saturated heterocycles. The predicted molar refractivity (Wildman–Crippen MR) is 75.9 cm³/mol. The number of benzene rings is 1. The van der Waals surface area contributed by atoms with Gasteiger partial charge in [0.15, 0.2) is 0 Å². The Morgan fingerprint density at radius 1 is 1.21 bits per heavy atom. The molecule has 0 spiro atoms. The van der Waals surface area contributed by atoms with E-state index in [1.807, 2.05) is 37.3 Å². The first-order valence-corrected chi connectivity index (χ1v) is 6.43. The lowest BCUT2D eigenvalue weighted by molar-refractivity contribution is -0.132. The SMILES string of the molecule is CCCNCC(=O)N(C)CC(=O)Nc1ccccc1. The van der Waals surface area contributed by atoms with Gasteiger partial charge < -0.3 is 15.5 Å². The summed E-state index contributed by atoms with van der Waals surface area (Å²) in [5.41, 5.74) is 0.734. The van der Waals surface area contributed by atoms with E-state index in [-0.39, 0.29) is 24.9 Å². The Bertz CT molecular complexity index is 406. The van der Waals surface area contributed by atoms with E-state index in [1.54, 1.807) is 7.05 Å². The van der Waals surface area contributed by atoms with E-state index in [9.17, 15) is 9.59 Å². The van der Waals surface area contributed by atoms with Crippen LogP contribution in [0, 0.1) is 0 Å². The van der Waals surface area contributed by atoms with Gasteiger partial charge in [0, 0.05) is 12.7 Å². The summed E-state index contributed by atoms with van der Waals surface area (Å²) >= 11 is 0. The van der Waals surface area contributed by atoms with E-state index in [4.69, 9.17) is 0 Å². The third kappa shape index (κ3) is 6.01. The highest BCUT2D eigenvalue weighted by molar-refractivity contribution is 5.94. The largest absolute Gasteiger partial charge is 0.335 e. The van der Waals surface area contributed by atoms with Crippen molar-refractivity contribution in [2.75, 3.05) is 32.0 Å². The molecule has 0 aromatic heterocycles. The van der Waals surface area contributed by atoms with Crippen molar-refractivity contribution >= 4 is 17.5 Å². The first kappa shape index (κ1) is 15.2. The molecule has 19 heavy (non-hydrogen) atoms. The molecule has 2 N–H and O–H groups in total. The highest BCUT2D eigenvalue weighted by Gasteiger charge is 2.12. The van der Waals surface area contributed by atoms with Crippen LogP contribution in [-0.2, 0) is 9.59 Å². The quantitative estimate of drug-likeness (QED) is 0.724. The molecule has 0 aliphatic rings. The number of hydrogen-bond donors (Lipinski definition) is 2. The second-order valence-corrected chi connectivity index (χ2v) is 4.34. The second kappa shape index (κ2) is 8.26. The fourth-order valence-corrected chi connectivity index (χ4v) is 1.53. The number of nitrogens with one attached hydrogen (secondary N) is 2. The second-order valence-electron chi connectivity index (χ2n) is 4.34. The van der Waals surface area contributed by atoms with Crippen molar-refractivity contribution in [3.63, 3.8) is 0 Å². The zero-order valence-corrected chi connectivity index (χ0v) is 11.5. The van der Waals surface area contributed by atoms with Crippen LogP contribution in [0.15, 0.2) is 30.3 Å². The summed E-state index contributed by atoms with van der Waals surface area (Å²) in [5.74, 6) is -0.283. The highest BCUT2D eigenvalue weighted by Crippen LogP contribution is 2.04. The molecular weight excluding hydrogens is 242 g/mol. The maximum Gasteiger partial charge on any atom is 0.243 e. The number of rotatable bonds is 7. The van der Waals surface area contributed by atoms with E-state index < -0.39 is 0 Å². The Labute approximate surface area is 114 Å². The van der Waals surface area contributed by atoms with Crippen LogP contribution in [0.1, 0.15) is 13.3 Å². The number of carbonyl (C=O) groups excluding carboxylic acids is 2. The number of anilines is 1. The number of nitrogens with zero attached hydrogens (tertiary/aromatic N) is 1. The molecule has 1 aromatic carbocycles. The average molecular weight is 263 g/mol. The fraction of sp³-hybridized carbons (Fsp3) is 0.429. The molecule has 0 saturated carbocycles. The molecule has 0 bridgehead atoms. The molecule has 0 fully saturated rings. The normalized spacial score (nSPS) is 10.0. The number of likely N-dealkylation sites (N-methyl/N-ethyl adjacent to an activating group) is 1. The van der Waals surface area contributed by atoms with Crippen LogP contribution in [0.2, 0.25) is 0 Å². The Kier molecular flexibility index (Phi) is 6.60. The third-order valence-corrected chi connectivity index (χ3v) is 2.57. The van der Waals surface area contributed by atoms with Crippen molar-refractivity contribution in [3.05, 3.63) is 30.3 Å². The van der Waals surface area contributed by atoms with Crippen molar-refractivity contribution in [1.82, 2.24) is 10.2 Å². The first-order chi connectivity index (χ1) is 9.13. The summed E-state index contributed by atoms with van der Waals surface area (Å²) in [6, 6.07) is 9.19. The van der Waals surface area contributed by atoms with Gasteiger partial charge in [0.1, 0.15) is 0 Å². The fourth-order valence-electron chi connectivity index (χ4n) is 1.53. The summed E-state index contributed by atoms with van der Waals surface area (Å²) in [5, 5.41) is 5.76. The van der Waals surface area contributed by atoms with Crippen LogP contribution >= 0.6 is 0 Å². The minimum Gasteiger partial charge on any atom is -0.335 e. The summed E-state index contributed by atoms with van der Waals surface area (Å²) in [6.45, 7) is 3.16. The lowest BCUT2D eigenvalue weighted by Crippen LogP contribution is -2.40. The maximum atomic E-state index is 11.7. The highest BCUT2D eigenvalue weighted by atomic mass is 16.2. The van der Waals surface area contributed by atoms with Gasteiger partial charge in [-0.1, -0.05) is 25.1 Å². The Morgan fingerprint density at radius 2 is 1.89 bits per heavy atom. The number of para-hydroxylation sites is 1. The zero-order valence-electron chi connectivity index (χ0n) is 11.5. The first-order valence-electron chi connectivity index (χ1n) is 6.43. The molecular formula is C14H21N3O2. The molecule has 0 atom stereocenters. The Balaban J connectivity index is 2.33. The monoisotopic (exact) mass is 263 g/mol. The summed E-state index contributed by atoms with van der Waals surface area (Å²) in [4.78, 5) is 24.8. The van der Waals surface area contributed by atoms with Crippen molar-refractivity contribution in [2.24, 2.45) is 0 Å². The van der Waals surface area contributed by atoms with Gasteiger partial charge >= 0.3 is 0 Å². The number of amides is 2. The van der Waals surface area contributed by atoms with Crippen LogP contribution in [0.5, 0.6) is 0 Å². The third-order valence-electron chi connectivity index (χ3n) is 2.57. The van der Waals surface area contributed by atoms with Gasteiger partial charge in [0.05, 0.1) is 13.1 Å². The topological polar surface area (TPSA) is 61.4 Å². The molecule has 5 nitrogen and oxygen atoms in total. The van der Waals surface area contributed by atoms with E-state index in [0.717, 1.165) is 18.7 Å². The molecule has 0 aliphatic carbocycles. The molecule has 5 heteroatoms. The molecule has 1 rings (SSSR count). The van der Waals surface area contributed by atoms with Gasteiger partial charge in [-0.2, -0.15) is 0 Å². The van der Waals surface area contributed by atoms with Gasteiger partial charge in [-0.15, -0.1) is 0 Å². The van der Waals surface area contributed by atoms with Crippen molar-refractivity contribution in [1.29, 1.82) is 0 Å². The standard InChI is InChI=1S/C14H21N3O2/c1-3-9-15-10-14(19)17(2)11-13(18)16-12-7-5-4-6-8-12/h4-8,15H,3,9-11H2,1-2H3,(H,16,18). The van der Waals surface area contributed by atoms with Crippen molar-refractivity contribution in [3.8, 4) is 0 Å². The molecule has 1 aromatic rings. The zero-order chi connectivity index (χ0) is 14.1. The van der Waals surface area contributed by atoms with Gasteiger partial charge in [-0.05, 0) is 25.1 Å². The number of carbonyl (C=O) groups is 2. The lowest BCUT2D eigenvalue weighted by atomic mass is 10.3. The van der Waals surface area contributed by atoms with Gasteiger partial charge in [0.2, 0.25) is 11.8 Å². The van der Waals surface area contributed by atoms with Crippen LogP contribution in [0.25, 0.3) is 0 Å². The van der Waals surface area contributed by atoms with Gasteiger partial charge in [-0.25, -0.2) is 0 Å². The molecule has 0 heterocycles. The van der Waals surface area contributed by atoms with E-state index in [0.29, 0.717) is 0 Å². The minimum absolute atomic E-state index is 0.0571. The smallest absolute Gasteiger partial charge is 0.243 e. The Hall–Kier alpha value is -1.88. The van der Waals surface area contributed by atoms with E-state index >= 15 is 0 Å². The van der Waals surface area contributed by atoms with Crippen LogP contribution in [-0.4, -0.2) is 43.4 Å². The maximum absolute atomic E-state index is 11.7. The Morgan fingerprint density at radius 3 is 2.53 bits per heavy atom. The molecule has 0 aliphatic heterocycles. The molecule has 0 unspecified atom stereocenters. The van der Waals surface area contributed by atoms with Crippen LogP contribution < -0.4 is 10.6 Å². The molecule has 0 radical (unpaired) electrons. The summed E-state index contributed by atoms with van der Waals surface area (Å²) < 4.78 is 0. The lowest BCUT2D eigenvalue weighted by Gasteiger charge is -2.17. The van der Waals surface area contributed by atoms with Crippen molar-refractivity contribution in [2.45, 2.75) is 13.3 Å². The minimum atomic E-state index is -0.197.